The van der Waals surface area contributed by atoms with Crippen LogP contribution >= 0.6 is 0 Å². The van der Waals surface area contributed by atoms with Gasteiger partial charge < -0.3 is 9.13 Å². The summed E-state index contributed by atoms with van der Waals surface area (Å²) in [6, 6.07) is 73.2. The van der Waals surface area contributed by atoms with Gasteiger partial charge in [-0.3, -0.25) is 0 Å². The summed E-state index contributed by atoms with van der Waals surface area (Å²) in [6.45, 7) is 0. The molecular formula is C52H34N4. The number of para-hydroxylation sites is 2. The Labute approximate surface area is 324 Å². The maximum Gasteiger partial charge on any atom is 0.160 e. The van der Waals surface area contributed by atoms with Crippen LogP contribution in [0.5, 0.6) is 0 Å². The van der Waals surface area contributed by atoms with E-state index in [0.717, 1.165) is 45.0 Å². The normalized spacial score (nSPS) is 11.6. The van der Waals surface area contributed by atoms with Crippen molar-refractivity contribution in [3.05, 3.63) is 206 Å². The van der Waals surface area contributed by atoms with E-state index in [4.69, 9.17) is 9.97 Å². The molecule has 0 radical (unpaired) electrons. The molecule has 3 heterocycles. The van der Waals surface area contributed by atoms with Crippen molar-refractivity contribution in [2.24, 2.45) is 0 Å². The highest BCUT2D eigenvalue weighted by atomic mass is 15.0. The summed E-state index contributed by atoms with van der Waals surface area (Å²) in [5, 5.41) is 4.89. The van der Waals surface area contributed by atoms with Crippen LogP contribution in [0.25, 0.3) is 100 Å². The second-order valence-corrected chi connectivity index (χ2v) is 14.2. The average Bonchev–Trinajstić information content (AvgIpc) is 3.80. The van der Waals surface area contributed by atoms with E-state index in [0.29, 0.717) is 5.82 Å². The lowest BCUT2D eigenvalue weighted by molar-refractivity contribution is 1.15. The number of hydrogen-bond donors (Lipinski definition) is 0. The summed E-state index contributed by atoms with van der Waals surface area (Å²) in [4.78, 5) is 10.1. The van der Waals surface area contributed by atoms with Crippen LogP contribution in [0.3, 0.4) is 0 Å². The summed E-state index contributed by atoms with van der Waals surface area (Å²) in [5.41, 5.74) is 14.2. The molecule has 0 N–H and O–H groups in total. The molecule has 262 valence electrons. The molecule has 0 unspecified atom stereocenters. The van der Waals surface area contributed by atoms with E-state index in [1.165, 1.54) is 49.2 Å². The van der Waals surface area contributed by atoms with Crippen molar-refractivity contribution < 1.29 is 0 Å². The van der Waals surface area contributed by atoms with Gasteiger partial charge in [0.15, 0.2) is 5.82 Å². The molecule has 3 aromatic heterocycles. The molecule has 0 aliphatic carbocycles. The van der Waals surface area contributed by atoms with Crippen molar-refractivity contribution in [2.45, 2.75) is 0 Å². The van der Waals surface area contributed by atoms with Crippen LogP contribution < -0.4 is 0 Å². The Balaban J connectivity index is 1.14. The maximum atomic E-state index is 5.11. The third kappa shape index (κ3) is 5.23. The Morgan fingerprint density at radius 1 is 0.286 bits per heavy atom. The predicted molar refractivity (Wildman–Crippen MR) is 232 cm³/mol. The Kier molecular flexibility index (Phi) is 7.46. The molecule has 0 bridgehead atoms. The van der Waals surface area contributed by atoms with E-state index in [2.05, 4.69) is 191 Å². The van der Waals surface area contributed by atoms with Gasteiger partial charge in [-0.2, -0.15) is 0 Å². The van der Waals surface area contributed by atoms with Crippen LogP contribution in [0.15, 0.2) is 206 Å². The molecular weight excluding hydrogens is 681 g/mol. The third-order valence-electron chi connectivity index (χ3n) is 10.9. The van der Waals surface area contributed by atoms with Crippen LogP contribution in [-0.4, -0.2) is 19.1 Å². The third-order valence-corrected chi connectivity index (χ3v) is 10.9. The minimum atomic E-state index is 0.708. The van der Waals surface area contributed by atoms with Gasteiger partial charge >= 0.3 is 0 Å². The molecule has 8 aromatic carbocycles. The van der Waals surface area contributed by atoms with Gasteiger partial charge in [-0.25, -0.2) is 9.97 Å². The standard InChI is InChI=1S/C52H34N4/c1-4-15-35(16-5-1)39-21-14-22-41(33-39)56-49-26-13-11-24-43(49)45-32-31-44-42-23-10-12-25-48(42)55(50(44)51(45)56)40-29-27-37(28-30-40)47-34-46(36-17-6-2-7-18-36)53-52(54-47)38-19-8-3-9-20-38/h1-34H. The van der Waals surface area contributed by atoms with Crippen molar-refractivity contribution in [1.29, 1.82) is 0 Å². The number of rotatable bonds is 6. The van der Waals surface area contributed by atoms with Gasteiger partial charge in [-0.05, 0) is 53.6 Å². The quantitative estimate of drug-likeness (QED) is 0.172. The van der Waals surface area contributed by atoms with Gasteiger partial charge in [-0.1, -0.05) is 164 Å². The molecule has 0 saturated carbocycles. The van der Waals surface area contributed by atoms with Gasteiger partial charge in [-0.15, -0.1) is 0 Å². The lowest BCUT2D eigenvalue weighted by Crippen LogP contribution is -1.99. The van der Waals surface area contributed by atoms with Crippen molar-refractivity contribution >= 4 is 43.6 Å². The summed E-state index contributed by atoms with van der Waals surface area (Å²) in [7, 11) is 0. The summed E-state index contributed by atoms with van der Waals surface area (Å²) in [6.07, 6.45) is 0. The molecule has 4 heteroatoms. The monoisotopic (exact) mass is 714 g/mol. The zero-order valence-electron chi connectivity index (χ0n) is 30.4. The lowest BCUT2D eigenvalue weighted by Gasteiger charge is -2.14. The molecule has 11 rings (SSSR count). The Bertz CT molecular complexity index is 3160. The van der Waals surface area contributed by atoms with Gasteiger partial charge in [0.1, 0.15) is 0 Å². The molecule has 0 amide bonds. The van der Waals surface area contributed by atoms with Crippen LogP contribution in [0.4, 0.5) is 0 Å². The maximum absolute atomic E-state index is 5.11. The summed E-state index contributed by atoms with van der Waals surface area (Å²) >= 11 is 0. The first-order valence-electron chi connectivity index (χ1n) is 19.0. The van der Waals surface area contributed by atoms with E-state index < -0.39 is 0 Å². The van der Waals surface area contributed by atoms with Crippen LogP contribution in [-0.2, 0) is 0 Å². The molecule has 0 atom stereocenters. The Morgan fingerprint density at radius 3 is 1.34 bits per heavy atom. The first-order valence-corrected chi connectivity index (χ1v) is 19.0. The van der Waals surface area contributed by atoms with Gasteiger partial charge in [0.25, 0.3) is 0 Å². The van der Waals surface area contributed by atoms with E-state index in [-0.39, 0.29) is 0 Å². The van der Waals surface area contributed by atoms with Crippen molar-refractivity contribution in [1.82, 2.24) is 19.1 Å². The molecule has 0 aliphatic heterocycles. The smallest absolute Gasteiger partial charge is 0.160 e. The number of benzene rings is 8. The fourth-order valence-corrected chi connectivity index (χ4v) is 8.34. The minimum absolute atomic E-state index is 0.708. The molecule has 0 saturated heterocycles. The van der Waals surface area contributed by atoms with E-state index >= 15 is 0 Å². The molecule has 56 heavy (non-hydrogen) atoms. The topological polar surface area (TPSA) is 35.6 Å². The Morgan fingerprint density at radius 2 is 0.750 bits per heavy atom. The van der Waals surface area contributed by atoms with Crippen molar-refractivity contribution in [2.75, 3.05) is 0 Å². The number of fused-ring (bicyclic) bond motifs is 7. The molecule has 0 spiro atoms. The molecule has 0 aliphatic rings. The van der Waals surface area contributed by atoms with E-state index in [9.17, 15) is 0 Å². The summed E-state index contributed by atoms with van der Waals surface area (Å²) < 4.78 is 4.90. The average molecular weight is 715 g/mol. The lowest BCUT2D eigenvalue weighted by atomic mass is 10.1. The molecule has 0 fully saturated rings. The SMILES string of the molecule is c1ccc(-c2cccc(-n3c4ccccc4c4ccc5c6ccccc6n(-c6ccc(-c7cc(-c8ccccc8)nc(-c8ccccc8)n7)cc6)c5c43)c2)cc1. The zero-order chi connectivity index (χ0) is 37.0. The highest BCUT2D eigenvalue weighted by Crippen LogP contribution is 2.42. The first-order chi connectivity index (χ1) is 27.8. The molecule has 4 nitrogen and oxygen atoms in total. The van der Waals surface area contributed by atoms with Crippen LogP contribution in [0.2, 0.25) is 0 Å². The summed E-state index contributed by atoms with van der Waals surface area (Å²) in [5.74, 6) is 0.708. The van der Waals surface area contributed by atoms with E-state index in [1.54, 1.807) is 0 Å². The number of hydrogen-bond acceptors (Lipinski definition) is 2. The predicted octanol–water partition coefficient (Wildman–Crippen LogP) is 13.3. The van der Waals surface area contributed by atoms with Gasteiger partial charge in [0, 0.05) is 49.6 Å². The van der Waals surface area contributed by atoms with Gasteiger partial charge in [0.2, 0.25) is 0 Å². The van der Waals surface area contributed by atoms with Crippen molar-refractivity contribution in [3.8, 4) is 56.4 Å². The fourth-order valence-electron chi connectivity index (χ4n) is 8.34. The highest BCUT2D eigenvalue weighted by molar-refractivity contribution is 6.23. The second-order valence-electron chi connectivity index (χ2n) is 14.2. The van der Waals surface area contributed by atoms with Crippen LogP contribution in [0.1, 0.15) is 0 Å². The Hall–Kier alpha value is -7.56. The number of aromatic nitrogens is 4. The molecule has 11 aromatic rings. The number of nitrogens with zero attached hydrogens (tertiary/aromatic N) is 4. The second kappa shape index (κ2) is 13.1. The largest absolute Gasteiger partial charge is 0.307 e. The minimum Gasteiger partial charge on any atom is -0.307 e. The van der Waals surface area contributed by atoms with Crippen LogP contribution in [0, 0.1) is 0 Å². The van der Waals surface area contributed by atoms with E-state index in [1.807, 2.05) is 24.3 Å². The van der Waals surface area contributed by atoms with Gasteiger partial charge in [0.05, 0.1) is 33.5 Å². The fraction of sp³-hybridized carbons (Fsp3) is 0. The van der Waals surface area contributed by atoms with Crippen molar-refractivity contribution in [3.63, 3.8) is 0 Å². The first kappa shape index (κ1) is 31.9. The zero-order valence-corrected chi connectivity index (χ0v) is 30.4. The highest BCUT2D eigenvalue weighted by Gasteiger charge is 2.21.